The van der Waals surface area contributed by atoms with Crippen LogP contribution in [-0.2, 0) is 4.74 Å². The van der Waals surface area contributed by atoms with Crippen molar-refractivity contribution in [2.75, 3.05) is 26.2 Å². The van der Waals surface area contributed by atoms with Crippen LogP contribution >= 0.6 is 0 Å². The summed E-state index contributed by atoms with van der Waals surface area (Å²) >= 11 is 0. The van der Waals surface area contributed by atoms with E-state index in [-0.39, 0.29) is 11.8 Å². The molecule has 1 aromatic rings. The molecule has 1 aliphatic carbocycles. The van der Waals surface area contributed by atoms with Crippen molar-refractivity contribution in [3.05, 3.63) is 35.9 Å². The Morgan fingerprint density at radius 2 is 1.75 bits per heavy atom. The SMILES string of the molecule is c1ccc(C2OC3(CCN(CC4CC4)CC3)N3CCCCC23)cc1. The first-order valence-corrected chi connectivity index (χ1v) is 10.1. The Bertz CT molecular complexity index is 562. The average Bonchev–Trinajstić information content (AvgIpc) is 3.41. The molecule has 3 heteroatoms. The van der Waals surface area contributed by atoms with Gasteiger partial charge in [-0.25, -0.2) is 0 Å². The maximum Gasteiger partial charge on any atom is 0.125 e. The highest BCUT2D eigenvalue weighted by Crippen LogP contribution is 2.49. The molecule has 0 aromatic heterocycles. The molecule has 5 rings (SSSR count). The molecule has 0 N–H and O–H groups in total. The standard InChI is InChI=1S/C21H30N2O/c1-2-6-18(7-3-1)20-19-8-4-5-13-23(19)21(24-20)11-14-22(15-12-21)16-17-9-10-17/h1-3,6-7,17,19-20H,4-5,8-16H2. The minimum atomic E-state index is 0.0195. The first kappa shape index (κ1) is 15.4. The second-order valence-electron chi connectivity index (χ2n) is 8.40. The molecule has 3 nitrogen and oxygen atoms in total. The van der Waals surface area contributed by atoms with E-state index in [4.69, 9.17) is 4.74 Å². The van der Waals surface area contributed by atoms with Gasteiger partial charge in [-0.1, -0.05) is 36.8 Å². The molecule has 3 heterocycles. The van der Waals surface area contributed by atoms with Crippen molar-refractivity contribution in [2.24, 2.45) is 5.92 Å². The number of benzene rings is 1. The summed E-state index contributed by atoms with van der Waals surface area (Å²) in [7, 11) is 0. The molecule has 4 aliphatic rings. The third-order valence-corrected chi connectivity index (χ3v) is 6.75. The van der Waals surface area contributed by atoms with Gasteiger partial charge in [-0.2, -0.15) is 0 Å². The van der Waals surface area contributed by atoms with Crippen LogP contribution in [0.3, 0.4) is 0 Å². The van der Waals surface area contributed by atoms with Crippen molar-refractivity contribution in [1.29, 1.82) is 0 Å². The van der Waals surface area contributed by atoms with Gasteiger partial charge in [0.05, 0.1) is 0 Å². The number of nitrogens with zero attached hydrogens (tertiary/aromatic N) is 2. The molecule has 0 amide bonds. The van der Waals surface area contributed by atoms with E-state index in [1.54, 1.807) is 0 Å². The minimum Gasteiger partial charge on any atom is -0.351 e. The van der Waals surface area contributed by atoms with Crippen molar-refractivity contribution in [2.45, 2.75) is 62.8 Å². The van der Waals surface area contributed by atoms with Gasteiger partial charge in [-0.15, -0.1) is 0 Å². The molecule has 1 aromatic carbocycles. The van der Waals surface area contributed by atoms with Crippen LogP contribution < -0.4 is 0 Å². The number of piperidine rings is 2. The zero-order valence-electron chi connectivity index (χ0n) is 14.7. The monoisotopic (exact) mass is 326 g/mol. The van der Waals surface area contributed by atoms with Gasteiger partial charge in [0.25, 0.3) is 0 Å². The summed E-state index contributed by atoms with van der Waals surface area (Å²) in [4.78, 5) is 5.46. The van der Waals surface area contributed by atoms with Gasteiger partial charge in [0.2, 0.25) is 0 Å². The molecular weight excluding hydrogens is 296 g/mol. The lowest BCUT2D eigenvalue weighted by atomic mass is 9.91. The van der Waals surface area contributed by atoms with Crippen LogP contribution in [0.2, 0.25) is 0 Å². The van der Waals surface area contributed by atoms with E-state index >= 15 is 0 Å². The van der Waals surface area contributed by atoms with E-state index in [2.05, 4.69) is 40.1 Å². The average molecular weight is 326 g/mol. The second-order valence-corrected chi connectivity index (χ2v) is 8.40. The molecule has 24 heavy (non-hydrogen) atoms. The van der Waals surface area contributed by atoms with Gasteiger partial charge in [-0.05, 0) is 37.2 Å². The normalized spacial score (nSPS) is 33.7. The Hall–Kier alpha value is -0.900. The Kier molecular flexibility index (Phi) is 3.92. The zero-order chi connectivity index (χ0) is 16.0. The predicted octanol–water partition coefficient (Wildman–Crippen LogP) is 3.81. The number of ether oxygens (including phenoxy) is 1. The highest BCUT2D eigenvalue weighted by molar-refractivity contribution is 5.22. The molecule has 1 saturated carbocycles. The van der Waals surface area contributed by atoms with Crippen LogP contribution in [0.4, 0.5) is 0 Å². The Morgan fingerprint density at radius 1 is 0.958 bits per heavy atom. The van der Waals surface area contributed by atoms with E-state index in [9.17, 15) is 0 Å². The first-order valence-electron chi connectivity index (χ1n) is 10.1. The van der Waals surface area contributed by atoms with E-state index in [1.165, 1.54) is 76.7 Å². The Labute approximate surface area is 146 Å². The summed E-state index contributed by atoms with van der Waals surface area (Å²) in [5, 5.41) is 0. The quantitative estimate of drug-likeness (QED) is 0.840. The summed E-state index contributed by atoms with van der Waals surface area (Å²) in [6.07, 6.45) is 9.59. The topological polar surface area (TPSA) is 15.7 Å². The number of fused-ring (bicyclic) bond motifs is 2. The summed E-state index contributed by atoms with van der Waals surface area (Å²) in [6, 6.07) is 11.6. The second kappa shape index (κ2) is 6.12. The van der Waals surface area contributed by atoms with Crippen molar-refractivity contribution in [1.82, 2.24) is 9.80 Å². The van der Waals surface area contributed by atoms with Crippen LogP contribution in [0.1, 0.15) is 56.6 Å². The van der Waals surface area contributed by atoms with Crippen LogP contribution in [0, 0.1) is 5.92 Å². The van der Waals surface area contributed by atoms with Gasteiger partial charge < -0.3 is 9.64 Å². The van der Waals surface area contributed by atoms with E-state index in [0.29, 0.717) is 6.04 Å². The predicted molar refractivity (Wildman–Crippen MR) is 95.7 cm³/mol. The summed E-state index contributed by atoms with van der Waals surface area (Å²) in [6.45, 7) is 5.01. The molecule has 2 unspecified atom stereocenters. The third-order valence-electron chi connectivity index (χ3n) is 6.75. The Balaban J connectivity index is 1.36. The fraction of sp³-hybridized carbons (Fsp3) is 0.714. The zero-order valence-corrected chi connectivity index (χ0v) is 14.7. The van der Waals surface area contributed by atoms with Crippen molar-refractivity contribution in [3.8, 4) is 0 Å². The van der Waals surface area contributed by atoms with E-state index in [1.807, 2.05) is 0 Å². The van der Waals surface area contributed by atoms with Gasteiger partial charge in [0, 0.05) is 45.1 Å². The summed E-state index contributed by atoms with van der Waals surface area (Å²) in [5.74, 6) is 1.00. The maximum atomic E-state index is 6.89. The fourth-order valence-electron chi connectivity index (χ4n) is 5.25. The van der Waals surface area contributed by atoms with Crippen molar-refractivity contribution in [3.63, 3.8) is 0 Å². The molecule has 4 fully saturated rings. The fourth-order valence-corrected chi connectivity index (χ4v) is 5.25. The van der Waals surface area contributed by atoms with Gasteiger partial charge in [-0.3, -0.25) is 4.90 Å². The van der Waals surface area contributed by atoms with E-state index < -0.39 is 0 Å². The van der Waals surface area contributed by atoms with Crippen LogP contribution in [0.15, 0.2) is 30.3 Å². The number of rotatable bonds is 3. The summed E-state index contributed by atoms with van der Waals surface area (Å²) in [5.41, 5.74) is 1.40. The van der Waals surface area contributed by atoms with Gasteiger partial charge >= 0.3 is 0 Å². The molecule has 2 atom stereocenters. The molecule has 0 bridgehead atoms. The van der Waals surface area contributed by atoms with Crippen LogP contribution in [0.25, 0.3) is 0 Å². The molecule has 3 saturated heterocycles. The number of hydrogen-bond acceptors (Lipinski definition) is 3. The van der Waals surface area contributed by atoms with Crippen molar-refractivity contribution >= 4 is 0 Å². The lowest BCUT2D eigenvalue weighted by molar-refractivity contribution is -0.141. The minimum absolute atomic E-state index is 0.0195. The van der Waals surface area contributed by atoms with Crippen molar-refractivity contribution < 1.29 is 4.74 Å². The Morgan fingerprint density at radius 3 is 2.50 bits per heavy atom. The lowest BCUT2D eigenvalue weighted by Crippen LogP contribution is -2.56. The number of hydrogen-bond donors (Lipinski definition) is 0. The maximum absolute atomic E-state index is 6.89. The molecule has 0 radical (unpaired) electrons. The van der Waals surface area contributed by atoms with Gasteiger partial charge in [0.1, 0.15) is 11.8 Å². The van der Waals surface area contributed by atoms with Gasteiger partial charge in [0.15, 0.2) is 0 Å². The lowest BCUT2D eigenvalue weighted by Gasteiger charge is -2.46. The number of likely N-dealkylation sites (tertiary alicyclic amines) is 1. The highest BCUT2D eigenvalue weighted by atomic mass is 16.5. The van der Waals surface area contributed by atoms with Crippen LogP contribution in [0.5, 0.6) is 0 Å². The third kappa shape index (κ3) is 2.71. The molecule has 3 aliphatic heterocycles. The smallest absolute Gasteiger partial charge is 0.125 e. The first-order chi connectivity index (χ1) is 11.8. The summed E-state index contributed by atoms with van der Waals surface area (Å²) < 4.78 is 6.89. The molecule has 1 spiro atoms. The molecule has 130 valence electrons. The van der Waals surface area contributed by atoms with E-state index in [0.717, 1.165) is 5.92 Å². The molecular formula is C21H30N2O. The highest BCUT2D eigenvalue weighted by Gasteiger charge is 2.54. The van der Waals surface area contributed by atoms with Crippen LogP contribution in [-0.4, -0.2) is 47.7 Å². The largest absolute Gasteiger partial charge is 0.351 e.